The molecule has 0 spiro atoms. The van der Waals surface area contributed by atoms with Crippen LogP contribution in [0.3, 0.4) is 0 Å². The molecule has 3 heteroatoms. The maximum Gasteiger partial charge on any atom is 0.257 e. The third-order valence-electron chi connectivity index (χ3n) is 2.24. The summed E-state index contributed by atoms with van der Waals surface area (Å²) in [7, 11) is 0. The number of benzene rings is 1. The second-order valence-corrected chi connectivity index (χ2v) is 3.61. The average Bonchev–Trinajstić information content (AvgIpc) is 2.30. The molecule has 0 unspecified atom stereocenters. The fourth-order valence-corrected chi connectivity index (χ4v) is 1.25. The topological polar surface area (TPSA) is 46.2 Å². The summed E-state index contributed by atoms with van der Waals surface area (Å²) in [5.74, 6) is -0.861. The Kier molecular flexibility index (Phi) is 4.45. The van der Waals surface area contributed by atoms with Crippen molar-refractivity contribution in [3.63, 3.8) is 0 Å². The summed E-state index contributed by atoms with van der Waals surface area (Å²) in [6, 6.07) is 8.67. The average molecular weight is 217 g/mol. The van der Waals surface area contributed by atoms with Gasteiger partial charge < -0.3 is 0 Å². The Hall–Kier alpha value is -1.90. The largest absolute Gasteiger partial charge is 0.292 e. The summed E-state index contributed by atoms with van der Waals surface area (Å²) < 4.78 is 0. The standard InChI is InChI=1S/C13H15NO2/c1-3-7-10(2)12(15)14-13(16)11-8-5-4-6-9-11/h3-6,8-10H,1,7H2,2H3,(H,14,15,16)/t10-/m1/s1. The van der Waals surface area contributed by atoms with Crippen LogP contribution in [-0.2, 0) is 4.79 Å². The molecule has 0 saturated heterocycles. The Morgan fingerprint density at radius 2 is 2.00 bits per heavy atom. The van der Waals surface area contributed by atoms with E-state index in [9.17, 15) is 9.59 Å². The Morgan fingerprint density at radius 3 is 2.56 bits per heavy atom. The molecule has 0 heterocycles. The number of nitrogens with one attached hydrogen (secondary N) is 1. The SMILES string of the molecule is C=CC[C@@H](C)C(=O)NC(=O)c1ccccc1. The Balaban J connectivity index is 2.58. The van der Waals surface area contributed by atoms with Crippen LogP contribution >= 0.6 is 0 Å². The quantitative estimate of drug-likeness (QED) is 0.785. The molecule has 0 aromatic heterocycles. The summed E-state index contributed by atoms with van der Waals surface area (Å²) in [4.78, 5) is 23.1. The highest BCUT2D eigenvalue weighted by Gasteiger charge is 2.15. The molecule has 84 valence electrons. The second-order valence-electron chi connectivity index (χ2n) is 3.61. The van der Waals surface area contributed by atoms with Crippen LogP contribution in [0.1, 0.15) is 23.7 Å². The van der Waals surface area contributed by atoms with E-state index < -0.39 is 0 Å². The minimum Gasteiger partial charge on any atom is -0.292 e. The Labute approximate surface area is 95.2 Å². The molecule has 0 bridgehead atoms. The Bertz CT molecular complexity index is 384. The van der Waals surface area contributed by atoms with Crippen molar-refractivity contribution in [1.29, 1.82) is 0 Å². The van der Waals surface area contributed by atoms with Crippen LogP contribution in [0.4, 0.5) is 0 Å². The van der Waals surface area contributed by atoms with E-state index in [0.717, 1.165) is 0 Å². The summed E-state index contributed by atoms with van der Waals surface area (Å²) in [6.07, 6.45) is 2.23. The minimum absolute atomic E-state index is 0.231. The van der Waals surface area contributed by atoms with E-state index in [0.29, 0.717) is 12.0 Å². The number of hydrogen-bond acceptors (Lipinski definition) is 2. The highest BCUT2D eigenvalue weighted by Crippen LogP contribution is 2.03. The van der Waals surface area contributed by atoms with Gasteiger partial charge in [0.05, 0.1) is 0 Å². The van der Waals surface area contributed by atoms with Gasteiger partial charge in [-0.05, 0) is 18.6 Å². The Morgan fingerprint density at radius 1 is 1.38 bits per heavy atom. The molecule has 0 aliphatic heterocycles. The van der Waals surface area contributed by atoms with Crippen molar-refractivity contribution in [3.8, 4) is 0 Å². The van der Waals surface area contributed by atoms with E-state index in [-0.39, 0.29) is 17.7 Å². The van der Waals surface area contributed by atoms with Crippen molar-refractivity contribution in [2.24, 2.45) is 5.92 Å². The predicted molar refractivity (Wildman–Crippen MR) is 62.9 cm³/mol. The van der Waals surface area contributed by atoms with Gasteiger partial charge in [-0.3, -0.25) is 14.9 Å². The molecule has 1 atom stereocenters. The van der Waals surface area contributed by atoms with Crippen molar-refractivity contribution in [3.05, 3.63) is 48.6 Å². The number of amides is 2. The summed E-state index contributed by atoms with van der Waals surface area (Å²) >= 11 is 0. The maximum atomic E-state index is 11.6. The van der Waals surface area contributed by atoms with Gasteiger partial charge in [0.25, 0.3) is 5.91 Å². The fraction of sp³-hybridized carbons (Fsp3) is 0.231. The number of carbonyl (C=O) groups is 2. The molecule has 2 amide bonds. The lowest BCUT2D eigenvalue weighted by Crippen LogP contribution is -2.34. The normalized spacial score (nSPS) is 11.6. The highest BCUT2D eigenvalue weighted by atomic mass is 16.2. The van der Waals surface area contributed by atoms with Crippen LogP contribution in [0.15, 0.2) is 43.0 Å². The maximum absolute atomic E-state index is 11.6. The first kappa shape index (κ1) is 12.2. The molecule has 3 nitrogen and oxygen atoms in total. The van der Waals surface area contributed by atoms with Crippen LogP contribution in [0, 0.1) is 5.92 Å². The second kappa shape index (κ2) is 5.85. The minimum atomic E-state index is -0.360. The fourth-order valence-electron chi connectivity index (χ4n) is 1.25. The molecule has 1 rings (SSSR count). The first-order chi connectivity index (χ1) is 7.65. The first-order valence-electron chi connectivity index (χ1n) is 5.16. The lowest BCUT2D eigenvalue weighted by atomic mass is 10.1. The van der Waals surface area contributed by atoms with Gasteiger partial charge in [-0.2, -0.15) is 0 Å². The van der Waals surface area contributed by atoms with Crippen LogP contribution in [0.25, 0.3) is 0 Å². The van der Waals surface area contributed by atoms with E-state index in [1.165, 1.54) is 0 Å². The lowest BCUT2D eigenvalue weighted by molar-refractivity contribution is -0.123. The van der Waals surface area contributed by atoms with Gasteiger partial charge in [0.15, 0.2) is 0 Å². The molecule has 0 radical (unpaired) electrons. The molecule has 16 heavy (non-hydrogen) atoms. The lowest BCUT2D eigenvalue weighted by Gasteiger charge is -2.08. The molecule has 1 N–H and O–H groups in total. The van der Waals surface area contributed by atoms with Crippen molar-refractivity contribution >= 4 is 11.8 Å². The number of imide groups is 1. The molecule has 0 aliphatic carbocycles. The molecule has 0 aliphatic rings. The number of allylic oxidation sites excluding steroid dienone is 1. The first-order valence-corrected chi connectivity index (χ1v) is 5.16. The van der Waals surface area contributed by atoms with Gasteiger partial charge in [0, 0.05) is 11.5 Å². The molecule has 1 aromatic carbocycles. The van der Waals surface area contributed by atoms with Crippen molar-refractivity contribution in [2.75, 3.05) is 0 Å². The van der Waals surface area contributed by atoms with Crippen LogP contribution < -0.4 is 5.32 Å². The van der Waals surface area contributed by atoms with E-state index in [1.54, 1.807) is 37.3 Å². The summed E-state index contributed by atoms with van der Waals surface area (Å²) in [5.41, 5.74) is 0.488. The zero-order chi connectivity index (χ0) is 12.0. The third-order valence-corrected chi connectivity index (χ3v) is 2.24. The highest BCUT2D eigenvalue weighted by molar-refractivity contribution is 6.05. The third kappa shape index (κ3) is 3.35. The molecular formula is C13H15NO2. The van der Waals surface area contributed by atoms with Gasteiger partial charge in [-0.25, -0.2) is 0 Å². The molecule has 0 saturated carbocycles. The smallest absolute Gasteiger partial charge is 0.257 e. The van der Waals surface area contributed by atoms with Crippen molar-refractivity contribution in [2.45, 2.75) is 13.3 Å². The zero-order valence-electron chi connectivity index (χ0n) is 9.27. The number of rotatable bonds is 4. The van der Waals surface area contributed by atoms with Gasteiger partial charge in [0.2, 0.25) is 5.91 Å². The van der Waals surface area contributed by atoms with E-state index in [1.807, 2.05) is 6.07 Å². The molecule has 1 aromatic rings. The van der Waals surface area contributed by atoms with Crippen LogP contribution in [0.5, 0.6) is 0 Å². The van der Waals surface area contributed by atoms with Crippen molar-refractivity contribution in [1.82, 2.24) is 5.32 Å². The molecule has 0 fully saturated rings. The monoisotopic (exact) mass is 217 g/mol. The van der Waals surface area contributed by atoms with Crippen LogP contribution in [0.2, 0.25) is 0 Å². The van der Waals surface area contributed by atoms with E-state index in [2.05, 4.69) is 11.9 Å². The van der Waals surface area contributed by atoms with E-state index in [4.69, 9.17) is 0 Å². The van der Waals surface area contributed by atoms with Gasteiger partial charge in [0.1, 0.15) is 0 Å². The van der Waals surface area contributed by atoms with E-state index >= 15 is 0 Å². The molecular weight excluding hydrogens is 202 g/mol. The summed E-state index contributed by atoms with van der Waals surface area (Å²) in [5, 5.41) is 2.36. The van der Waals surface area contributed by atoms with Gasteiger partial charge in [-0.1, -0.05) is 31.2 Å². The van der Waals surface area contributed by atoms with Gasteiger partial charge >= 0.3 is 0 Å². The number of carbonyl (C=O) groups excluding carboxylic acids is 2. The predicted octanol–water partition coefficient (Wildman–Crippen LogP) is 2.16. The summed E-state index contributed by atoms with van der Waals surface area (Å²) in [6.45, 7) is 5.31. The van der Waals surface area contributed by atoms with Crippen molar-refractivity contribution < 1.29 is 9.59 Å². The zero-order valence-corrected chi connectivity index (χ0v) is 9.27. The van der Waals surface area contributed by atoms with Gasteiger partial charge in [-0.15, -0.1) is 6.58 Å². The number of hydrogen-bond donors (Lipinski definition) is 1. The van der Waals surface area contributed by atoms with Crippen LogP contribution in [-0.4, -0.2) is 11.8 Å².